The summed E-state index contributed by atoms with van der Waals surface area (Å²) in [5, 5.41) is 3.08. The summed E-state index contributed by atoms with van der Waals surface area (Å²) in [4.78, 5) is 28.0. The van der Waals surface area contributed by atoms with Gasteiger partial charge in [-0.05, 0) is 35.7 Å². The first kappa shape index (κ1) is 19.9. The average molecular weight is 399 g/mol. The van der Waals surface area contributed by atoms with E-state index in [1.54, 1.807) is 0 Å². The van der Waals surface area contributed by atoms with Crippen molar-refractivity contribution in [3.8, 4) is 0 Å². The molecule has 1 fully saturated rings. The number of hydrogen-bond donors (Lipinski definition) is 1. The first-order chi connectivity index (χ1) is 14.6. The number of amides is 2. The number of aryl methyl sites for hydroxylation is 1. The van der Waals surface area contributed by atoms with Gasteiger partial charge in [-0.1, -0.05) is 72.8 Å². The van der Waals surface area contributed by atoms with Gasteiger partial charge in [0.25, 0.3) is 5.91 Å². The van der Waals surface area contributed by atoms with Crippen molar-refractivity contribution in [3.05, 3.63) is 107 Å². The standard InChI is InChI=1S/C26H26N2O2/c1-19-10-8-9-15-22(19)23-17-28(26(30)21-13-6-3-7-14-21)18-24(23)25(29)27-16-20-11-4-2-5-12-20/h2-15,23-24H,16-18H2,1H3,(H,27,29). The van der Waals surface area contributed by atoms with Gasteiger partial charge < -0.3 is 10.2 Å². The third-order valence-corrected chi connectivity index (χ3v) is 5.86. The molecule has 2 atom stereocenters. The zero-order valence-corrected chi connectivity index (χ0v) is 17.1. The van der Waals surface area contributed by atoms with E-state index in [4.69, 9.17) is 0 Å². The minimum atomic E-state index is -0.275. The number of rotatable bonds is 5. The first-order valence-electron chi connectivity index (χ1n) is 10.3. The van der Waals surface area contributed by atoms with Crippen molar-refractivity contribution in [2.45, 2.75) is 19.4 Å². The molecule has 1 N–H and O–H groups in total. The molecule has 2 unspecified atom stereocenters. The minimum absolute atomic E-state index is 0.00420. The molecule has 0 saturated carbocycles. The Morgan fingerprint density at radius 3 is 2.20 bits per heavy atom. The van der Waals surface area contributed by atoms with Crippen LogP contribution >= 0.6 is 0 Å². The summed E-state index contributed by atoms with van der Waals surface area (Å²) in [6, 6.07) is 27.3. The molecule has 30 heavy (non-hydrogen) atoms. The van der Waals surface area contributed by atoms with Crippen LogP contribution in [0, 0.1) is 12.8 Å². The maximum atomic E-state index is 13.2. The molecule has 152 valence electrons. The number of hydrogen-bond acceptors (Lipinski definition) is 2. The van der Waals surface area contributed by atoms with Gasteiger partial charge in [-0.2, -0.15) is 0 Å². The largest absolute Gasteiger partial charge is 0.352 e. The molecule has 0 aromatic heterocycles. The molecule has 0 spiro atoms. The second kappa shape index (κ2) is 8.95. The van der Waals surface area contributed by atoms with Crippen LogP contribution in [0.2, 0.25) is 0 Å². The van der Waals surface area contributed by atoms with E-state index in [1.807, 2.05) is 77.7 Å². The Balaban J connectivity index is 1.56. The van der Waals surface area contributed by atoms with Crippen molar-refractivity contribution in [3.63, 3.8) is 0 Å². The molecular formula is C26H26N2O2. The van der Waals surface area contributed by atoms with E-state index in [9.17, 15) is 9.59 Å². The highest BCUT2D eigenvalue weighted by Crippen LogP contribution is 2.35. The Bertz CT molecular complexity index is 1020. The molecule has 0 radical (unpaired) electrons. The summed E-state index contributed by atoms with van der Waals surface area (Å²) in [5.41, 5.74) is 4.01. The van der Waals surface area contributed by atoms with Gasteiger partial charge in [0.05, 0.1) is 5.92 Å². The van der Waals surface area contributed by atoms with E-state index in [1.165, 1.54) is 0 Å². The topological polar surface area (TPSA) is 49.4 Å². The van der Waals surface area contributed by atoms with Crippen molar-refractivity contribution in [2.75, 3.05) is 13.1 Å². The lowest BCUT2D eigenvalue weighted by molar-refractivity contribution is -0.125. The lowest BCUT2D eigenvalue weighted by Crippen LogP contribution is -2.35. The molecule has 0 bridgehead atoms. The Kier molecular flexibility index (Phi) is 5.94. The molecule has 4 heteroatoms. The van der Waals surface area contributed by atoms with E-state index in [0.29, 0.717) is 25.2 Å². The highest BCUT2D eigenvalue weighted by Gasteiger charge is 2.40. The fourth-order valence-electron chi connectivity index (χ4n) is 4.23. The Morgan fingerprint density at radius 1 is 0.867 bits per heavy atom. The molecule has 4 nitrogen and oxygen atoms in total. The predicted octanol–water partition coefficient (Wildman–Crippen LogP) is 4.17. The molecular weight excluding hydrogens is 372 g/mol. The van der Waals surface area contributed by atoms with Gasteiger partial charge >= 0.3 is 0 Å². The molecule has 2 amide bonds. The summed E-state index contributed by atoms with van der Waals surface area (Å²) in [6.45, 7) is 3.52. The number of nitrogens with zero attached hydrogens (tertiary/aromatic N) is 1. The first-order valence-corrected chi connectivity index (χ1v) is 10.3. The molecule has 1 heterocycles. The Morgan fingerprint density at radius 2 is 1.50 bits per heavy atom. The maximum Gasteiger partial charge on any atom is 0.253 e. The van der Waals surface area contributed by atoms with Crippen LogP contribution in [0.3, 0.4) is 0 Å². The number of benzene rings is 3. The Hall–Kier alpha value is -3.40. The maximum absolute atomic E-state index is 13.2. The number of carbonyl (C=O) groups excluding carboxylic acids is 2. The number of carbonyl (C=O) groups is 2. The highest BCUT2D eigenvalue weighted by molar-refractivity contribution is 5.95. The molecule has 1 aliphatic rings. The van der Waals surface area contributed by atoms with Crippen LogP contribution < -0.4 is 5.32 Å². The fourth-order valence-corrected chi connectivity index (χ4v) is 4.23. The monoisotopic (exact) mass is 398 g/mol. The summed E-state index contributed by atoms with van der Waals surface area (Å²) in [6.07, 6.45) is 0. The third kappa shape index (κ3) is 4.28. The van der Waals surface area contributed by atoms with Gasteiger partial charge in [0, 0.05) is 31.1 Å². The third-order valence-electron chi connectivity index (χ3n) is 5.86. The van der Waals surface area contributed by atoms with Crippen molar-refractivity contribution in [1.82, 2.24) is 10.2 Å². The zero-order chi connectivity index (χ0) is 20.9. The van der Waals surface area contributed by atoms with Gasteiger partial charge in [0.15, 0.2) is 0 Å². The van der Waals surface area contributed by atoms with Gasteiger partial charge in [-0.25, -0.2) is 0 Å². The summed E-state index contributed by atoms with van der Waals surface area (Å²) >= 11 is 0. The van der Waals surface area contributed by atoms with Gasteiger partial charge in [0.2, 0.25) is 5.91 Å². The molecule has 4 rings (SSSR count). The van der Waals surface area contributed by atoms with E-state index in [0.717, 1.165) is 16.7 Å². The van der Waals surface area contributed by atoms with Crippen molar-refractivity contribution >= 4 is 11.8 Å². The summed E-state index contributed by atoms with van der Waals surface area (Å²) < 4.78 is 0. The van der Waals surface area contributed by atoms with E-state index in [2.05, 4.69) is 24.4 Å². The number of nitrogens with one attached hydrogen (secondary N) is 1. The van der Waals surface area contributed by atoms with Crippen LogP contribution in [-0.2, 0) is 11.3 Å². The smallest absolute Gasteiger partial charge is 0.253 e. The van der Waals surface area contributed by atoms with E-state index >= 15 is 0 Å². The highest BCUT2D eigenvalue weighted by atomic mass is 16.2. The second-order valence-electron chi connectivity index (χ2n) is 7.85. The van der Waals surface area contributed by atoms with E-state index < -0.39 is 0 Å². The molecule has 3 aromatic rings. The molecule has 3 aromatic carbocycles. The van der Waals surface area contributed by atoms with Gasteiger partial charge in [0.1, 0.15) is 0 Å². The van der Waals surface area contributed by atoms with Gasteiger partial charge in [-0.3, -0.25) is 9.59 Å². The predicted molar refractivity (Wildman–Crippen MR) is 118 cm³/mol. The molecule has 1 saturated heterocycles. The van der Waals surface area contributed by atoms with Crippen LogP contribution in [0.1, 0.15) is 33.0 Å². The van der Waals surface area contributed by atoms with Crippen molar-refractivity contribution < 1.29 is 9.59 Å². The lowest BCUT2D eigenvalue weighted by atomic mass is 9.86. The van der Waals surface area contributed by atoms with Crippen LogP contribution in [-0.4, -0.2) is 29.8 Å². The quantitative estimate of drug-likeness (QED) is 0.701. The number of likely N-dealkylation sites (tertiary alicyclic amines) is 1. The normalized spacial score (nSPS) is 18.2. The summed E-state index contributed by atoms with van der Waals surface area (Å²) in [5.74, 6) is -0.319. The van der Waals surface area contributed by atoms with Crippen LogP contribution in [0.15, 0.2) is 84.9 Å². The average Bonchev–Trinajstić information content (AvgIpc) is 3.24. The van der Waals surface area contributed by atoms with Crippen molar-refractivity contribution in [2.24, 2.45) is 5.92 Å². The molecule has 1 aliphatic heterocycles. The van der Waals surface area contributed by atoms with Crippen LogP contribution in [0.25, 0.3) is 0 Å². The van der Waals surface area contributed by atoms with E-state index in [-0.39, 0.29) is 23.7 Å². The minimum Gasteiger partial charge on any atom is -0.352 e. The van der Waals surface area contributed by atoms with Crippen LogP contribution in [0.4, 0.5) is 0 Å². The zero-order valence-electron chi connectivity index (χ0n) is 17.1. The lowest BCUT2D eigenvalue weighted by Gasteiger charge is -2.20. The Labute approximate surface area is 177 Å². The van der Waals surface area contributed by atoms with Crippen LogP contribution in [0.5, 0.6) is 0 Å². The van der Waals surface area contributed by atoms with Gasteiger partial charge in [-0.15, -0.1) is 0 Å². The fraction of sp³-hybridized carbons (Fsp3) is 0.231. The SMILES string of the molecule is Cc1ccccc1C1CN(C(=O)c2ccccc2)CC1C(=O)NCc1ccccc1. The van der Waals surface area contributed by atoms with Crippen molar-refractivity contribution in [1.29, 1.82) is 0 Å². The summed E-state index contributed by atoms with van der Waals surface area (Å²) in [7, 11) is 0. The second-order valence-corrected chi connectivity index (χ2v) is 7.85. The molecule has 0 aliphatic carbocycles.